The summed E-state index contributed by atoms with van der Waals surface area (Å²) in [5, 5.41) is 10.8. The number of carbonyl (C=O) groups excluding carboxylic acids is 1. The number of Topliss-reactive ketones (excluding diaryl/α,β-unsaturated/α-hetero) is 1. The second kappa shape index (κ2) is 9.26. The summed E-state index contributed by atoms with van der Waals surface area (Å²) in [6, 6.07) is 33.3. The van der Waals surface area contributed by atoms with Crippen LogP contribution in [0.5, 0.6) is 0 Å². The van der Waals surface area contributed by atoms with Crippen LogP contribution >= 0.6 is 0 Å². The number of anilines is 5. The highest BCUT2D eigenvalue weighted by Crippen LogP contribution is 2.44. The zero-order valence-electron chi connectivity index (χ0n) is 19.0. The lowest BCUT2D eigenvalue weighted by Crippen LogP contribution is -2.34. The Morgan fingerprint density at radius 3 is 1.81 bits per heavy atom. The Hall–Kier alpha value is -4.52. The molecule has 0 amide bonds. The van der Waals surface area contributed by atoms with Gasteiger partial charge in [0.05, 0.1) is 17.8 Å². The zero-order valence-corrected chi connectivity index (χ0v) is 19.0. The molecule has 0 aliphatic carbocycles. The summed E-state index contributed by atoms with van der Waals surface area (Å²) in [7, 11) is 0. The van der Waals surface area contributed by atoms with E-state index in [2.05, 4.69) is 0 Å². The number of aliphatic hydroxyl groups is 1. The normalized spacial score (nSPS) is 13.4. The van der Waals surface area contributed by atoms with Crippen LogP contribution in [-0.2, 0) is 4.79 Å². The lowest BCUT2D eigenvalue weighted by atomic mass is 9.96. The van der Waals surface area contributed by atoms with E-state index in [9.17, 15) is 23.1 Å². The highest BCUT2D eigenvalue weighted by atomic mass is 19.4. The Balaban J connectivity index is 1.70. The molecule has 5 rings (SSSR count). The smallest absolute Gasteiger partial charge is 0.454 e. The summed E-state index contributed by atoms with van der Waals surface area (Å²) in [4.78, 5) is 15.8. The number of ketones is 1. The number of nitrogens with zero attached hydrogens (tertiary/aromatic N) is 2. The van der Waals surface area contributed by atoms with Crippen molar-refractivity contribution in [3.8, 4) is 0 Å². The summed E-state index contributed by atoms with van der Waals surface area (Å²) >= 11 is 0. The Labute approximate surface area is 206 Å². The van der Waals surface area contributed by atoms with Gasteiger partial charge in [0.15, 0.2) is 0 Å². The molecule has 180 valence electrons. The molecule has 36 heavy (non-hydrogen) atoms. The highest BCUT2D eigenvalue weighted by Gasteiger charge is 2.44. The summed E-state index contributed by atoms with van der Waals surface area (Å²) in [6.07, 6.45) is -5.10. The lowest BCUT2D eigenvalue weighted by Gasteiger charge is -2.34. The summed E-state index contributed by atoms with van der Waals surface area (Å²) in [6.45, 7) is -0.415. The fraction of sp³-hybridized carbons (Fsp3) is 0.0690. The molecule has 4 aromatic rings. The van der Waals surface area contributed by atoms with E-state index in [1.165, 1.54) is 0 Å². The second-order valence-corrected chi connectivity index (χ2v) is 8.28. The van der Waals surface area contributed by atoms with Gasteiger partial charge in [0, 0.05) is 28.3 Å². The number of halogens is 3. The van der Waals surface area contributed by atoms with E-state index in [0.29, 0.717) is 11.4 Å². The number of rotatable bonds is 5. The predicted octanol–water partition coefficient (Wildman–Crippen LogP) is 7.71. The Kier molecular flexibility index (Phi) is 5.98. The molecular formula is C29H21F3N2O2. The number of hydrogen-bond acceptors (Lipinski definition) is 4. The first kappa shape index (κ1) is 23.2. The van der Waals surface area contributed by atoms with Gasteiger partial charge < -0.3 is 14.9 Å². The average molecular weight is 486 g/mol. The molecule has 0 atom stereocenters. The number of aliphatic hydroxyl groups excluding tert-OH is 1. The molecule has 1 N–H and O–H groups in total. The quantitative estimate of drug-likeness (QED) is 0.314. The van der Waals surface area contributed by atoms with Crippen molar-refractivity contribution in [2.45, 2.75) is 6.18 Å². The summed E-state index contributed by atoms with van der Waals surface area (Å²) < 4.78 is 40.0. The first-order valence-corrected chi connectivity index (χ1v) is 11.3. The maximum Gasteiger partial charge on any atom is 0.454 e. The first-order valence-electron chi connectivity index (χ1n) is 11.3. The van der Waals surface area contributed by atoms with E-state index in [1.807, 2.05) is 71.6 Å². The molecule has 0 saturated heterocycles. The van der Waals surface area contributed by atoms with E-state index in [-0.39, 0.29) is 5.56 Å². The molecule has 1 heterocycles. The largest absolute Gasteiger partial charge is 0.507 e. The van der Waals surface area contributed by atoms with Crippen molar-refractivity contribution in [3.05, 3.63) is 120 Å². The SMILES string of the molecule is O=C(C1=C(O)c2ccc(N(c3ccccc3)c3ccccc3)cc2N(c2ccccc2)C1)C(F)(F)F. The van der Waals surface area contributed by atoms with Crippen LogP contribution in [0.25, 0.3) is 5.76 Å². The minimum Gasteiger partial charge on any atom is -0.507 e. The number of para-hydroxylation sites is 3. The molecule has 0 fully saturated rings. The van der Waals surface area contributed by atoms with Crippen LogP contribution in [0.1, 0.15) is 5.56 Å². The Bertz CT molecular complexity index is 1380. The van der Waals surface area contributed by atoms with Gasteiger partial charge in [-0.25, -0.2) is 0 Å². The van der Waals surface area contributed by atoms with Gasteiger partial charge in [-0.05, 0) is 54.6 Å². The van der Waals surface area contributed by atoms with Gasteiger partial charge in [0.1, 0.15) is 5.76 Å². The number of alkyl halides is 3. The molecule has 0 unspecified atom stereocenters. The topological polar surface area (TPSA) is 43.8 Å². The molecule has 4 aromatic carbocycles. The molecule has 0 radical (unpaired) electrons. The molecule has 4 nitrogen and oxygen atoms in total. The maximum atomic E-state index is 13.3. The standard InChI is InChI=1S/C29H21F3N2O2/c30-29(31,32)28(36)25-19-33(20-10-4-1-5-11-20)26-18-23(16-17-24(26)27(25)35)34(21-12-6-2-7-13-21)22-14-8-3-9-15-22/h1-18,35H,19H2. The Morgan fingerprint density at radius 2 is 1.28 bits per heavy atom. The van der Waals surface area contributed by atoms with Gasteiger partial charge in [0.25, 0.3) is 5.78 Å². The summed E-state index contributed by atoms with van der Waals surface area (Å²) in [5.74, 6) is -2.71. The van der Waals surface area contributed by atoms with Gasteiger partial charge in [-0.3, -0.25) is 4.79 Å². The monoisotopic (exact) mass is 486 g/mol. The van der Waals surface area contributed by atoms with Crippen molar-refractivity contribution < 1.29 is 23.1 Å². The lowest BCUT2D eigenvalue weighted by molar-refractivity contribution is -0.166. The van der Waals surface area contributed by atoms with Crippen molar-refractivity contribution in [2.24, 2.45) is 0 Å². The molecule has 0 saturated carbocycles. The molecule has 7 heteroatoms. The van der Waals surface area contributed by atoms with Crippen LogP contribution in [0.3, 0.4) is 0 Å². The maximum absolute atomic E-state index is 13.3. The van der Waals surface area contributed by atoms with Crippen molar-refractivity contribution in [2.75, 3.05) is 16.3 Å². The van der Waals surface area contributed by atoms with Gasteiger partial charge in [-0.15, -0.1) is 0 Å². The van der Waals surface area contributed by atoms with Gasteiger partial charge in [-0.1, -0.05) is 54.6 Å². The van der Waals surface area contributed by atoms with Crippen molar-refractivity contribution in [1.82, 2.24) is 0 Å². The number of carbonyl (C=O) groups is 1. The fourth-order valence-corrected chi connectivity index (χ4v) is 4.35. The van der Waals surface area contributed by atoms with Gasteiger partial charge in [-0.2, -0.15) is 13.2 Å². The van der Waals surface area contributed by atoms with Crippen molar-refractivity contribution in [1.29, 1.82) is 0 Å². The zero-order chi connectivity index (χ0) is 25.3. The van der Waals surface area contributed by atoms with Crippen LogP contribution in [0, 0.1) is 0 Å². The van der Waals surface area contributed by atoms with Crippen molar-refractivity contribution >= 4 is 40.0 Å². The van der Waals surface area contributed by atoms with Crippen LogP contribution in [0.2, 0.25) is 0 Å². The molecule has 0 spiro atoms. The van der Waals surface area contributed by atoms with E-state index in [0.717, 1.165) is 17.1 Å². The fourth-order valence-electron chi connectivity index (χ4n) is 4.35. The molecule has 1 aliphatic rings. The third-order valence-corrected chi connectivity index (χ3v) is 6.02. The minimum absolute atomic E-state index is 0.155. The Morgan fingerprint density at radius 1 is 0.750 bits per heavy atom. The second-order valence-electron chi connectivity index (χ2n) is 8.28. The van der Waals surface area contributed by atoms with Crippen LogP contribution in [-0.4, -0.2) is 23.6 Å². The van der Waals surface area contributed by atoms with Gasteiger partial charge in [0.2, 0.25) is 0 Å². The number of fused-ring (bicyclic) bond motifs is 1. The minimum atomic E-state index is -5.10. The van der Waals surface area contributed by atoms with Gasteiger partial charge >= 0.3 is 6.18 Å². The summed E-state index contributed by atoms with van der Waals surface area (Å²) in [5.41, 5.74) is 3.08. The molecule has 1 aliphatic heterocycles. The van der Waals surface area contributed by atoms with E-state index in [1.54, 1.807) is 47.4 Å². The van der Waals surface area contributed by atoms with E-state index in [4.69, 9.17) is 0 Å². The number of benzene rings is 4. The molecular weight excluding hydrogens is 465 g/mol. The van der Waals surface area contributed by atoms with Crippen LogP contribution < -0.4 is 9.80 Å². The van der Waals surface area contributed by atoms with E-state index < -0.39 is 29.8 Å². The third kappa shape index (κ3) is 4.31. The van der Waals surface area contributed by atoms with Crippen molar-refractivity contribution in [3.63, 3.8) is 0 Å². The predicted molar refractivity (Wildman–Crippen MR) is 135 cm³/mol. The average Bonchev–Trinajstić information content (AvgIpc) is 2.90. The molecule has 0 aromatic heterocycles. The van der Waals surface area contributed by atoms with Crippen LogP contribution in [0.15, 0.2) is 115 Å². The molecule has 0 bridgehead atoms. The van der Waals surface area contributed by atoms with Crippen LogP contribution in [0.4, 0.5) is 41.6 Å². The first-order chi connectivity index (χ1) is 17.3. The highest BCUT2D eigenvalue weighted by molar-refractivity contribution is 6.08. The third-order valence-electron chi connectivity index (χ3n) is 6.02. The van der Waals surface area contributed by atoms with E-state index >= 15 is 0 Å². The number of hydrogen-bond donors (Lipinski definition) is 1.